The molecule has 1 N–H and O–H groups in total. The van der Waals surface area contributed by atoms with E-state index in [4.69, 9.17) is 4.74 Å². The molecule has 2 rings (SSSR count). The maximum absolute atomic E-state index is 12.3. The van der Waals surface area contributed by atoms with Crippen molar-refractivity contribution in [2.24, 2.45) is 5.92 Å². The van der Waals surface area contributed by atoms with E-state index in [-0.39, 0.29) is 18.6 Å². The van der Waals surface area contributed by atoms with Gasteiger partial charge in [-0.05, 0) is 30.0 Å². The van der Waals surface area contributed by atoms with Gasteiger partial charge in [-0.2, -0.15) is 0 Å². The summed E-state index contributed by atoms with van der Waals surface area (Å²) in [7, 11) is 0. The first-order valence-electron chi connectivity index (χ1n) is 8.11. The number of ether oxygens (including phenoxy) is 1. The molecule has 4 heteroatoms. The van der Waals surface area contributed by atoms with Crippen LogP contribution in [-0.4, -0.2) is 18.8 Å². The van der Waals surface area contributed by atoms with E-state index in [2.05, 4.69) is 19.2 Å². The maximum Gasteiger partial charge on any atom is 0.258 e. The Morgan fingerprint density at radius 2 is 1.75 bits per heavy atom. The van der Waals surface area contributed by atoms with Crippen LogP contribution in [0.1, 0.15) is 42.2 Å². The summed E-state index contributed by atoms with van der Waals surface area (Å²) in [4.78, 5) is 23.2. The lowest BCUT2D eigenvalue weighted by molar-refractivity contribution is -0.124. The second-order valence-electron chi connectivity index (χ2n) is 6.10. The summed E-state index contributed by atoms with van der Waals surface area (Å²) in [5, 5.41) is 3.02. The molecule has 0 saturated carbocycles. The molecule has 4 nitrogen and oxygen atoms in total. The number of benzene rings is 2. The van der Waals surface area contributed by atoms with Gasteiger partial charge >= 0.3 is 0 Å². The van der Waals surface area contributed by atoms with Gasteiger partial charge in [0.25, 0.3) is 5.91 Å². The molecule has 2 aromatic rings. The monoisotopic (exact) mass is 325 g/mol. The Labute approximate surface area is 142 Å². The van der Waals surface area contributed by atoms with Gasteiger partial charge in [0, 0.05) is 0 Å². The number of hydrogen-bond acceptors (Lipinski definition) is 3. The highest BCUT2D eigenvalue weighted by Crippen LogP contribution is 2.21. The smallest absolute Gasteiger partial charge is 0.258 e. The predicted octanol–water partition coefficient (Wildman–Crippen LogP) is 3.78. The molecule has 0 saturated heterocycles. The van der Waals surface area contributed by atoms with Crippen molar-refractivity contribution in [3.8, 4) is 5.75 Å². The molecule has 1 atom stereocenters. The highest BCUT2D eigenvalue weighted by Gasteiger charge is 2.16. The van der Waals surface area contributed by atoms with Crippen LogP contribution in [0.15, 0.2) is 54.6 Å². The molecular formula is C20H23NO3. The minimum atomic E-state index is -0.204. The van der Waals surface area contributed by atoms with Crippen LogP contribution >= 0.6 is 0 Å². The number of carbonyl (C=O) groups is 2. The molecule has 1 amide bonds. The summed E-state index contributed by atoms with van der Waals surface area (Å²) in [6.07, 6.45) is 1.57. The van der Waals surface area contributed by atoms with Crippen LogP contribution < -0.4 is 10.1 Å². The number of rotatable bonds is 8. The fourth-order valence-electron chi connectivity index (χ4n) is 2.52. The third kappa shape index (κ3) is 5.23. The zero-order chi connectivity index (χ0) is 17.4. The van der Waals surface area contributed by atoms with Gasteiger partial charge in [0.1, 0.15) is 5.75 Å². The Bertz CT molecular complexity index is 668. The van der Waals surface area contributed by atoms with E-state index in [0.29, 0.717) is 17.2 Å². The van der Waals surface area contributed by atoms with E-state index in [0.717, 1.165) is 18.3 Å². The lowest BCUT2D eigenvalue weighted by atomic mass is 9.97. The summed E-state index contributed by atoms with van der Waals surface area (Å²) >= 11 is 0. The summed E-state index contributed by atoms with van der Waals surface area (Å²) in [5.41, 5.74) is 1.51. The van der Waals surface area contributed by atoms with Crippen LogP contribution in [0.3, 0.4) is 0 Å². The Balaban J connectivity index is 1.99. The van der Waals surface area contributed by atoms with Crippen LogP contribution in [-0.2, 0) is 4.79 Å². The highest BCUT2D eigenvalue weighted by molar-refractivity contribution is 5.81. The number of para-hydroxylation sites is 1. The van der Waals surface area contributed by atoms with Gasteiger partial charge in [0.05, 0.1) is 11.6 Å². The summed E-state index contributed by atoms with van der Waals surface area (Å²) < 4.78 is 5.49. The second-order valence-corrected chi connectivity index (χ2v) is 6.10. The van der Waals surface area contributed by atoms with E-state index in [9.17, 15) is 9.59 Å². The van der Waals surface area contributed by atoms with Gasteiger partial charge in [0.2, 0.25) is 0 Å². The molecule has 0 spiro atoms. The number of carbonyl (C=O) groups excluding carboxylic acids is 2. The number of nitrogens with one attached hydrogen (secondary N) is 1. The fourth-order valence-corrected chi connectivity index (χ4v) is 2.52. The lowest BCUT2D eigenvalue weighted by Crippen LogP contribution is -2.33. The molecule has 0 aromatic heterocycles. The van der Waals surface area contributed by atoms with Crippen LogP contribution in [0.4, 0.5) is 0 Å². The van der Waals surface area contributed by atoms with Crippen molar-refractivity contribution in [1.29, 1.82) is 0 Å². The standard InChI is InChI=1S/C20H23NO3/c1-15(2)12-18(16-8-4-3-5-9-16)21-20(23)14-24-19-11-7-6-10-17(19)13-22/h3-11,13,15,18H,12,14H2,1-2H3,(H,21,23). The molecule has 0 radical (unpaired) electrons. The summed E-state index contributed by atoms with van der Waals surface area (Å²) in [5.74, 6) is 0.667. The van der Waals surface area contributed by atoms with Gasteiger partial charge in [-0.25, -0.2) is 0 Å². The minimum Gasteiger partial charge on any atom is -0.483 e. The van der Waals surface area contributed by atoms with Gasteiger partial charge in [-0.1, -0.05) is 56.3 Å². The Hall–Kier alpha value is -2.62. The molecular weight excluding hydrogens is 302 g/mol. The van der Waals surface area contributed by atoms with Crippen molar-refractivity contribution < 1.29 is 14.3 Å². The molecule has 24 heavy (non-hydrogen) atoms. The zero-order valence-electron chi connectivity index (χ0n) is 14.1. The predicted molar refractivity (Wildman–Crippen MR) is 94.1 cm³/mol. The Morgan fingerprint density at radius 1 is 1.08 bits per heavy atom. The first-order chi connectivity index (χ1) is 11.6. The maximum atomic E-state index is 12.3. The largest absolute Gasteiger partial charge is 0.483 e. The molecule has 0 aliphatic carbocycles. The molecule has 0 fully saturated rings. The van der Waals surface area contributed by atoms with Crippen LogP contribution in [0.5, 0.6) is 5.75 Å². The highest BCUT2D eigenvalue weighted by atomic mass is 16.5. The van der Waals surface area contributed by atoms with Gasteiger partial charge in [-0.15, -0.1) is 0 Å². The van der Waals surface area contributed by atoms with Crippen LogP contribution in [0, 0.1) is 5.92 Å². The van der Waals surface area contributed by atoms with E-state index < -0.39 is 0 Å². The average molecular weight is 325 g/mol. The van der Waals surface area contributed by atoms with E-state index in [1.54, 1.807) is 24.3 Å². The SMILES string of the molecule is CC(C)CC(NC(=O)COc1ccccc1C=O)c1ccccc1. The minimum absolute atomic E-state index is 0.0522. The lowest BCUT2D eigenvalue weighted by Gasteiger charge is -2.21. The third-order valence-corrected chi connectivity index (χ3v) is 3.65. The van der Waals surface area contributed by atoms with Gasteiger partial charge < -0.3 is 10.1 Å². The normalized spacial score (nSPS) is 11.8. The summed E-state index contributed by atoms with van der Waals surface area (Å²) in [6.45, 7) is 4.13. The van der Waals surface area contributed by atoms with Crippen molar-refractivity contribution in [3.05, 3.63) is 65.7 Å². The number of amides is 1. The molecule has 126 valence electrons. The first kappa shape index (κ1) is 17.7. The first-order valence-corrected chi connectivity index (χ1v) is 8.11. The molecule has 1 unspecified atom stereocenters. The molecule has 0 bridgehead atoms. The van der Waals surface area contributed by atoms with Crippen molar-refractivity contribution in [2.45, 2.75) is 26.3 Å². The Morgan fingerprint density at radius 3 is 2.42 bits per heavy atom. The second kappa shape index (κ2) is 8.87. The quantitative estimate of drug-likeness (QED) is 0.751. The molecule has 0 aliphatic heterocycles. The van der Waals surface area contributed by atoms with Gasteiger partial charge in [0.15, 0.2) is 12.9 Å². The van der Waals surface area contributed by atoms with Crippen molar-refractivity contribution >= 4 is 12.2 Å². The van der Waals surface area contributed by atoms with Gasteiger partial charge in [-0.3, -0.25) is 9.59 Å². The average Bonchev–Trinajstić information content (AvgIpc) is 2.60. The topological polar surface area (TPSA) is 55.4 Å². The van der Waals surface area contributed by atoms with E-state index >= 15 is 0 Å². The van der Waals surface area contributed by atoms with Crippen molar-refractivity contribution in [3.63, 3.8) is 0 Å². The summed E-state index contributed by atoms with van der Waals surface area (Å²) in [6, 6.07) is 16.7. The van der Waals surface area contributed by atoms with E-state index in [1.165, 1.54) is 0 Å². The van der Waals surface area contributed by atoms with E-state index in [1.807, 2.05) is 30.3 Å². The fraction of sp³-hybridized carbons (Fsp3) is 0.300. The van der Waals surface area contributed by atoms with Crippen LogP contribution in [0.25, 0.3) is 0 Å². The van der Waals surface area contributed by atoms with Crippen molar-refractivity contribution in [1.82, 2.24) is 5.32 Å². The molecule has 2 aromatic carbocycles. The third-order valence-electron chi connectivity index (χ3n) is 3.65. The Kier molecular flexibility index (Phi) is 6.55. The molecule has 0 heterocycles. The van der Waals surface area contributed by atoms with Crippen molar-refractivity contribution in [2.75, 3.05) is 6.61 Å². The molecule has 0 aliphatic rings. The number of hydrogen-bond donors (Lipinski definition) is 1. The van der Waals surface area contributed by atoms with Crippen LogP contribution in [0.2, 0.25) is 0 Å². The zero-order valence-corrected chi connectivity index (χ0v) is 14.1. The number of aldehydes is 1.